The van der Waals surface area contributed by atoms with Gasteiger partial charge in [-0.25, -0.2) is 0 Å². The summed E-state index contributed by atoms with van der Waals surface area (Å²) in [4.78, 5) is 22.9. The second kappa shape index (κ2) is 9.10. The van der Waals surface area contributed by atoms with Gasteiger partial charge >= 0.3 is 11.9 Å². The number of carboxylic acids is 1. The first kappa shape index (κ1) is 17.1. The zero-order valence-electron chi connectivity index (χ0n) is 12.2. The van der Waals surface area contributed by atoms with E-state index in [9.17, 15) is 9.59 Å². The highest BCUT2D eigenvalue weighted by molar-refractivity contribution is 5.79. The fourth-order valence-electron chi connectivity index (χ4n) is 1.85. The molecule has 0 radical (unpaired) electrons. The lowest BCUT2D eigenvalue weighted by Gasteiger charge is -2.17. The number of carbonyl (C=O) groups is 2. The van der Waals surface area contributed by atoms with E-state index in [-0.39, 0.29) is 13.0 Å². The van der Waals surface area contributed by atoms with Gasteiger partial charge < -0.3 is 19.3 Å². The number of esters is 1. The number of ether oxygens (including phenoxy) is 3. The zero-order valence-corrected chi connectivity index (χ0v) is 12.2. The lowest BCUT2D eigenvalue weighted by molar-refractivity contribution is -0.171. The van der Waals surface area contributed by atoms with Crippen LogP contribution in [-0.4, -0.2) is 44.2 Å². The first-order chi connectivity index (χ1) is 10.1. The van der Waals surface area contributed by atoms with Crippen LogP contribution in [0, 0.1) is 5.92 Å². The number of aliphatic carboxylic acids is 1. The molecule has 1 rings (SSSR count). The molecule has 0 aliphatic carbocycles. The van der Waals surface area contributed by atoms with Crippen molar-refractivity contribution in [2.75, 3.05) is 20.8 Å². The molecule has 0 aromatic heterocycles. The Bertz CT molecular complexity index is 441. The van der Waals surface area contributed by atoms with Crippen molar-refractivity contribution in [3.05, 3.63) is 35.9 Å². The van der Waals surface area contributed by atoms with Gasteiger partial charge in [-0.05, 0) is 12.0 Å². The number of carbonyl (C=O) groups excluding carboxylic acids is 1. The zero-order chi connectivity index (χ0) is 15.7. The van der Waals surface area contributed by atoms with E-state index in [0.29, 0.717) is 6.42 Å². The molecule has 6 nitrogen and oxygen atoms in total. The van der Waals surface area contributed by atoms with Gasteiger partial charge in [0.2, 0.25) is 0 Å². The Hall–Kier alpha value is -1.92. The van der Waals surface area contributed by atoms with Crippen molar-refractivity contribution < 1.29 is 28.9 Å². The van der Waals surface area contributed by atoms with Crippen LogP contribution in [0.15, 0.2) is 30.3 Å². The molecular formula is C15H20O6. The van der Waals surface area contributed by atoms with Gasteiger partial charge in [-0.2, -0.15) is 0 Å². The van der Waals surface area contributed by atoms with Crippen LogP contribution in [0.4, 0.5) is 0 Å². The third kappa shape index (κ3) is 6.37. The van der Waals surface area contributed by atoms with Gasteiger partial charge in [-0.3, -0.25) is 9.59 Å². The van der Waals surface area contributed by atoms with Crippen molar-refractivity contribution in [2.45, 2.75) is 19.1 Å². The average molecular weight is 296 g/mol. The minimum absolute atomic E-state index is 0.0727. The van der Waals surface area contributed by atoms with Crippen LogP contribution in [0.3, 0.4) is 0 Å². The molecule has 0 fully saturated rings. The Balaban J connectivity index is 2.63. The molecule has 0 aliphatic rings. The highest BCUT2D eigenvalue weighted by Gasteiger charge is 2.24. The second-order valence-electron chi connectivity index (χ2n) is 4.52. The summed E-state index contributed by atoms with van der Waals surface area (Å²) in [5.74, 6) is -2.34. The van der Waals surface area contributed by atoms with E-state index in [0.717, 1.165) is 5.56 Å². The summed E-state index contributed by atoms with van der Waals surface area (Å²) in [6.07, 6.45) is -0.620. The minimum Gasteiger partial charge on any atom is -0.481 e. The first-order valence-corrected chi connectivity index (χ1v) is 6.54. The van der Waals surface area contributed by atoms with Crippen molar-refractivity contribution in [1.82, 2.24) is 0 Å². The molecule has 1 aromatic rings. The van der Waals surface area contributed by atoms with Gasteiger partial charge in [0.1, 0.15) is 6.61 Å². The molecule has 0 amide bonds. The summed E-state index contributed by atoms with van der Waals surface area (Å²) >= 11 is 0. The van der Waals surface area contributed by atoms with Crippen molar-refractivity contribution in [1.29, 1.82) is 0 Å². The van der Waals surface area contributed by atoms with Crippen LogP contribution in [0.2, 0.25) is 0 Å². The van der Waals surface area contributed by atoms with E-state index >= 15 is 0 Å². The van der Waals surface area contributed by atoms with E-state index < -0.39 is 24.1 Å². The number of rotatable bonds is 9. The van der Waals surface area contributed by atoms with Gasteiger partial charge in [0.15, 0.2) is 6.29 Å². The molecule has 116 valence electrons. The van der Waals surface area contributed by atoms with E-state index in [1.165, 1.54) is 14.2 Å². The molecule has 1 unspecified atom stereocenters. The van der Waals surface area contributed by atoms with E-state index in [1.807, 2.05) is 30.3 Å². The molecule has 0 saturated heterocycles. The molecule has 0 spiro atoms. The Kier molecular flexibility index (Phi) is 7.42. The predicted octanol–water partition coefficient (Wildman–Crippen LogP) is 1.48. The van der Waals surface area contributed by atoms with Crippen LogP contribution >= 0.6 is 0 Å². The maximum atomic E-state index is 12.0. The van der Waals surface area contributed by atoms with E-state index in [2.05, 4.69) is 0 Å². The standard InChI is InChI=1S/C15H20O6/c1-19-14(20-2)10-21-15(18)12(9-13(16)17)8-11-6-4-3-5-7-11/h3-7,12,14H,8-10H2,1-2H3,(H,16,17). The lowest BCUT2D eigenvalue weighted by Crippen LogP contribution is -2.28. The van der Waals surface area contributed by atoms with Gasteiger partial charge in [0.05, 0.1) is 12.3 Å². The van der Waals surface area contributed by atoms with Gasteiger partial charge in [0, 0.05) is 14.2 Å². The molecule has 0 aliphatic heterocycles. The monoisotopic (exact) mass is 296 g/mol. The third-order valence-corrected chi connectivity index (χ3v) is 2.97. The number of hydrogen-bond acceptors (Lipinski definition) is 5. The van der Waals surface area contributed by atoms with Crippen LogP contribution in [-0.2, 0) is 30.2 Å². The average Bonchev–Trinajstić information content (AvgIpc) is 2.48. The first-order valence-electron chi connectivity index (χ1n) is 6.54. The predicted molar refractivity (Wildman–Crippen MR) is 74.7 cm³/mol. The molecule has 1 N–H and O–H groups in total. The van der Waals surface area contributed by atoms with Gasteiger partial charge in [0.25, 0.3) is 0 Å². The summed E-state index contributed by atoms with van der Waals surface area (Å²) in [6, 6.07) is 9.22. The number of hydrogen-bond donors (Lipinski definition) is 1. The Morgan fingerprint density at radius 3 is 2.29 bits per heavy atom. The molecule has 0 saturated carbocycles. The number of benzene rings is 1. The maximum Gasteiger partial charge on any atom is 0.310 e. The molecule has 21 heavy (non-hydrogen) atoms. The fraction of sp³-hybridized carbons (Fsp3) is 0.467. The smallest absolute Gasteiger partial charge is 0.310 e. The normalized spacial score (nSPS) is 12.1. The number of carboxylic acid groups (broad SMARTS) is 1. The summed E-state index contributed by atoms with van der Waals surface area (Å²) in [7, 11) is 2.86. The summed E-state index contributed by atoms with van der Waals surface area (Å²) in [6.45, 7) is -0.0727. The van der Waals surface area contributed by atoms with E-state index in [1.54, 1.807) is 0 Å². The van der Waals surface area contributed by atoms with Crippen molar-refractivity contribution in [2.24, 2.45) is 5.92 Å². The molecular weight excluding hydrogens is 276 g/mol. The topological polar surface area (TPSA) is 82.1 Å². The lowest BCUT2D eigenvalue weighted by atomic mass is 9.96. The maximum absolute atomic E-state index is 12.0. The van der Waals surface area contributed by atoms with Crippen molar-refractivity contribution in [3.63, 3.8) is 0 Å². The molecule has 1 aromatic carbocycles. The SMILES string of the molecule is COC(COC(=O)C(CC(=O)O)Cc1ccccc1)OC. The van der Waals surface area contributed by atoms with Crippen LogP contribution in [0.5, 0.6) is 0 Å². The van der Waals surface area contributed by atoms with Crippen LogP contribution < -0.4 is 0 Å². The largest absolute Gasteiger partial charge is 0.481 e. The Morgan fingerprint density at radius 2 is 1.76 bits per heavy atom. The Morgan fingerprint density at radius 1 is 1.14 bits per heavy atom. The molecule has 0 heterocycles. The van der Waals surface area contributed by atoms with Gasteiger partial charge in [-0.15, -0.1) is 0 Å². The molecule has 1 atom stereocenters. The van der Waals surface area contributed by atoms with Gasteiger partial charge in [-0.1, -0.05) is 30.3 Å². The van der Waals surface area contributed by atoms with Crippen LogP contribution in [0.1, 0.15) is 12.0 Å². The second-order valence-corrected chi connectivity index (χ2v) is 4.52. The highest BCUT2D eigenvalue weighted by atomic mass is 16.7. The third-order valence-electron chi connectivity index (χ3n) is 2.97. The van der Waals surface area contributed by atoms with Crippen molar-refractivity contribution in [3.8, 4) is 0 Å². The fourth-order valence-corrected chi connectivity index (χ4v) is 1.85. The molecule has 6 heteroatoms. The Labute approximate surface area is 123 Å². The summed E-state index contributed by atoms with van der Waals surface area (Å²) in [5, 5.41) is 8.92. The van der Waals surface area contributed by atoms with Crippen LogP contribution in [0.25, 0.3) is 0 Å². The molecule has 0 bridgehead atoms. The van der Waals surface area contributed by atoms with E-state index in [4.69, 9.17) is 19.3 Å². The number of methoxy groups -OCH3 is 2. The van der Waals surface area contributed by atoms with Crippen molar-refractivity contribution >= 4 is 11.9 Å². The summed E-state index contributed by atoms with van der Waals surface area (Å²) < 4.78 is 14.9. The quantitative estimate of drug-likeness (QED) is 0.549. The highest BCUT2D eigenvalue weighted by Crippen LogP contribution is 2.15. The summed E-state index contributed by atoms with van der Waals surface area (Å²) in [5.41, 5.74) is 0.885. The minimum atomic E-state index is -1.04.